The van der Waals surface area contributed by atoms with E-state index in [1.807, 2.05) is 0 Å². The summed E-state index contributed by atoms with van der Waals surface area (Å²) in [5.41, 5.74) is 18.4. The van der Waals surface area contributed by atoms with Crippen LogP contribution in [-0.4, -0.2) is 24.2 Å². The lowest BCUT2D eigenvalue weighted by Crippen LogP contribution is -2.43. The van der Waals surface area contributed by atoms with Crippen molar-refractivity contribution in [3.05, 3.63) is 32.4 Å². The summed E-state index contributed by atoms with van der Waals surface area (Å²) >= 11 is 2.47. The van der Waals surface area contributed by atoms with E-state index < -0.39 is 24.2 Å². The Morgan fingerprint density at radius 2 is 0.784 bits per heavy atom. The van der Waals surface area contributed by atoms with Crippen LogP contribution in [0.4, 0.5) is 0 Å². The number of hydrogen-bond acceptors (Lipinski definition) is 0. The fourth-order valence-electron chi connectivity index (χ4n) is 6.35. The van der Waals surface area contributed by atoms with E-state index in [-0.39, 0.29) is 0 Å². The largest absolute Gasteiger partial charge is 0.146 e. The molecule has 0 radical (unpaired) electrons. The second-order valence-corrected chi connectivity index (χ2v) is 30.7. The number of rotatable bonds is 6. The maximum absolute atomic E-state index is 3.93. The van der Waals surface area contributed by atoms with Crippen molar-refractivity contribution in [2.75, 3.05) is 0 Å². The van der Waals surface area contributed by atoms with Crippen molar-refractivity contribution in [1.29, 1.82) is 0 Å². The molecule has 0 aliphatic rings. The van der Waals surface area contributed by atoms with Crippen LogP contribution in [0.2, 0.25) is 52.9 Å². The first kappa shape index (κ1) is 34.3. The van der Waals surface area contributed by atoms with Gasteiger partial charge in [0.05, 0.1) is 0 Å². The summed E-state index contributed by atoms with van der Waals surface area (Å²) in [5, 5.41) is 0. The summed E-state index contributed by atoms with van der Waals surface area (Å²) in [6.45, 7) is 35.5. The predicted molar refractivity (Wildman–Crippen MR) is 185 cm³/mol. The van der Waals surface area contributed by atoms with Crippen LogP contribution in [0, 0.1) is 38.0 Å². The number of halogens is 1. The van der Waals surface area contributed by atoms with E-state index in [2.05, 4.69) is 172 Å². The van der Waals surface area contributed by atoms with Crippen LogP contribution in [0.3, 0.4) is 0 Å². The molecule has 1 aromatic rings. The average Bonchev–Trinajstić information content (AvgIpc) is 2.72. The Hall–Kier alpha value is -0.719. The summed E-state index contributed by atoms with van der Waals surface area (Å²) in [6.07, 6.45) is 0. The lowest BCUT2D eigenvalue weighted by molar-refractivity contribution is 0.838. The minimum absolute atomic E-state index is 0.613. The Balaban J connectivity index is 3.94. The molecule has 0 bridgehead atoms. The van der Waals surface area contributed by atoms with E-state index in [0.717, 1.165) is 16.7 Å². The molecule has 4 heteroatoms. The smallest absolute Gasteiger partial charge is 0.127 e. The van der Waals surface area contributed by atoms with E-state index in [1.165, 1.54) is 3.57 Å². The lowest BCUT2D eigenvalue weighted by atomic mass is 10.1. The van der Waals surface area contributed by atoms with Gasteiger partial charge in [0.2, 0.25) is 0 Å². The van der Waals surface area contributed by atoms with Crippen LogP contribution in [0.1, 0.15) is 99.8 Å². The molecule has 0 saturated carbocycles. The standard InChI is InChI=1S/C33H53ISi3/c1-24(2)36(25(3)4,26(5)6)20-17-31-23-33(34)32(22-30(31)16-19-35(13,14)15)18-21-37(27(7)8,28(9)10)29(11)12/h22-29H,1-15H3. The Morgan fingerprint density at radius 3 is 1.11 bits per heavy atom. The zero-order valence-corrected chi connectivity index (χ0v) is 31.7. The van der Waals surface area contributed by atoms with E-state index in [4.69, 9.17) is 0 Å². The average molecular weight is 661 g/mol. The molecule has 0 aliphatic carbocycles. The van der Waals surface area contributed by atoms with Gasteiger partial charge in [0.15, 0.2) is 0 Å². The van der Waals surface area contributed by atoms with Crippen molar-refractivity contribution in [3.63, 3.8) is 0 Å². The molecule has 37 heavy (non-hydrogen) atoms. The molecule has 204 valence electrons. The van der Waals surface area contributed by atoms with E-state index >= 15 is 0 Å². The highest BCUT2D eigenvalue weighted by molar-refractivity contribution is 14.1. The minimum atomic E-state index is -1.83. The van der Waals surface area contributed by atoms with E-state index in [1.54, 1.807) is 0 Å². The number of hydrogen-bond donors (Lipinski definition) is 0. The first-order valence-corrected chi connectivity index (χ1v) is 23.3. The van der Waals surface area contributed by atoms with Gasteiger partial charge in [-0.05, 0) is 68.0 Å². The lowest BCUT2D eigenvalue weighted by Gasteiger charge is -2.38. The van der Waals surface area contributed by atoms with Crippen molar-refractivity contribution in [3.8, 4) is 34.4 Å². The highest BCUT2D eigenvalue weighted by Gasteiger charge is 2.42. The van der Waals surface area contributed by atoms with E-state index in [9.17, 15) is 0 Å². The predicted octanol–water partition coefficient (Wildman–Crippen LogP) is 10.7. The Morgan fingerprint density at radius 1 is 0.486 bits per heavy atom. The summed E-state index contributed by atoms with van der Waals surface area (Å²) in [5.74, 6) is 11.0. The quantitative estimate of drug-likeness (QED) is 0.162. The van der Waals surface area contributed by atoms with Gasteiger partial charge in [-0.1, -0.05) is 120 Å². The highest BCUT2D eigenvalue weighted by Crippen LogP contribution is 2.42. The molecule has 1 rings (SSSR count). The molecular formula is C33H53ISi3. The van der Waals surface area contributed by atoms with Crippen molar-refractivity contribution in [2.45, 2.75) is 136 Å². The molecular weight excluding hydrogens is 608 g/mol. The van der Waals surface area contributed by atoms with Gasteiger partial charge < -0.3 is 0 Å². The van der Waals surface area contributed by atoms with Crippen LogP contribution >= 0.6 is 22.6 Å². The van der Waals surface area contributed by atoms with Gasteiger partial charge in [0, 0.05) is 20.3 Å². The summed E-state index contributed by atoms with van der Waals surface area (Å²) in [7, 11) is -5.17. The van der Waals surface area contributed by atoms with Gasteiger partial charge in [-0.3, -0.25) is 0 Å². The maximum atomic E-state index is 3.93. The Kier molecular flexibility index (Phi) is 12.6. The molecule has 0 atom stereocenters. The van der Waals surface area contributed by atoms with Crippen molar-refractivity contribution in [1.82, 2.24) is 0 Å². The van der Waals surface area contributed by atoms with Gasteiger partial charge in [-0.2, -0.15) is 0 Å². The fraction of sp³-hybridized carbons (Fsp3) is 0.636. The first-order valence-electron chi connectivity index (χ1n) is 14.3. The molecule has 0 N–H and O–H groups in total. The van der Waals surface area contributed by atoms with Gasteiger partial charge in [0.1, 0.15) is 24.2 Å². The third kappa shape index (κ3) is 8.14. The molecule has 0 spiro atoms. The van der Waals surface area contributed by atoms with Crippen LogP contribution in [0.25, 0.3) is 0 Å². The topological polar surface area (TPSA) is 0 Å². The normalized spacial score (nSPS) is 12.6. The summed E-state index contributed by atoms with van der Waals surface area (Å²) < 4.78 is 1.19. The number of benzene rings is 1. The van der Waals surface area contributed by atoms with Gasteiger partial charge in [-0.15, -0.1) is 16.6 Å². The van der Waals surface area contributed by atoms with Crippen LogP contribution in [0.15, 0.2) is 12.1 Å². The first-order chi connectivity index (χ1) is 16.8. The summed E-state index contributed by atoms with van der Waals surface area (Å²) in [6, 6.07) is 4.50. The third-order valence-corrected chi connectivity index (χ3v) is 22.6. The van der Waals surface area contributed by atoms with Crippen molar-refractivity contribution >= 4 is 46.8 Å². The van der Waals surface area contributed by atoms with E-state index in [0.29, 0.717) is 33.2 Å². The van der Waals surface area contributed by atoms with Crippen LogP contribution in [-0.2, 0) is 0 Å². The molecule has 0 nitrogen and oxygen atoms in total. The minimum Gasteiger partial charge on any atom is -0.127 e. The zero-order valence-electron chi connectivity index (χ0n) is 26.5. The molecule has 1 aromatic carbocycles. The highest BCUT2D eigenvalue weighted by atomic mass is 127. The maximum Gasteiger partial charge on any atom is 0.146 e. The molecule has 0 amide bonds. The fourth-order valence-corrected chi connectivity index (χ4v) is 17.9. The van der Waals surface area contributed by atoms with Crippen LogP contribution in [0.5, 0.6) is 0 Å². The molecule has 0 unspecified atom stereocenters. The van der Waals surface area contributed by atoms with Crippen molar-refractivity contribution in [2.24, 2.45) is 0 Å². The van der Waals surface area contributed by atoms with Crippen LogP contribution < -0.4 is 0 Å². The Bertz CT molecular complexity index is 1070. The second kappa shape index (κ2) is 13.6. The molecule has 0 saturated heterocycles. The van der Waals surface area contributed by atoms with Gasteiger partial charge in [-0.25, -0.2) is 0 Å². The SMILES string of the molecule is CC(C)[Si](C#Cc1cc(C#C[Si](C)(C)C)c(C#C[Si](C(C)C)(C(C)C)C(C)C)cc1I)(C(C)C)C(C)C. The second-order valence-electron chi connectivity index (χ2n) is 13.7. The monoisotopic (exact) mass is 660 g/mol. The zero-order chi connectivity index (χ0) is 28.9. The molecule has 0 aliphatic heterocycles. The van der Waals surface area contributed by atoms with Gasteiger partial charge in [0.25, 0.3) is 0 Å². The molecule has 0 fully saturated rings. The summed E-state index contributed by atoms with van der Waals surface area (Å²) in [4.78, 5) is 0. The molecule has 0 heterocycles. The van der Waals surface area contributed by atoms with Gasteiger partial charge >= 0.3 is 0 Å². The Labute approximate surface area is 248 Å². The van der Waals surface area contributed by atoms with Crippen molar-refractivity contribution < 1.29 is 0 Å². The third-order valence-electron chi connectivity index (χ3n) is 8.24. The molecule has 0 aromatic heterocycles.